The summed E-state index contributed by atoms with van der Waals surface area (Å²) in [5, 5.41) is 4.16. The molecule has 146 valence electrons. The van der Waals surface area contributed by atoms with E-state index in [4.69, 9.17) is 21.3 Å². The fourth-order valence-electron chi connectivity index (χ4n) is 4.81. The Labute approximate surface area is 181 Å². The summed E-state index contributed by atoms with van der Waals surface area (Å²) in [5.41, 5.74) is 1.85. The molecule has 0 aliphatic carbocycles. The molecule has 27 heavy (non-hydrogen) atoms. The third-order valence-corrected chi connectivity index (χ3v) is 6.17. The summed E-state index contributed by atoms with van der Waals surface area (Å²) in [6.45, 7) is 5.66. The Kier molecular flexibility index (Phi) is 5.53. The van der Waals surface area contributed by atoms with E-state index in [0.717, 1.165) is 36.9 Å². The van der Waals surface area contributed by atoms with Crippen LogP contribution in [0.1, 0.15) is 25.5 Å². The molecule has 0 aromatic carbocycles. The fraction of sp³-hybridized carbons (Fsp3) is 0.579. The van der Waals surface area contributed by atoms with Crippen LogP contribution in [0.5, 0.6) is 0 Å². The van der Waals surface area contributed by atoms with Crippen molar-refractivity contribution in [2.75, 3.05) is 19.6 Å². The molecule has 2 aromatic heterocycles. The lowest BCUT2D eigenvalue weighted by atomic mass is 9.82. The number of nitrogens with one attached hydrogen (secondary N) is 1. The van der Waals surface area contributed by atoms with Gasteiger partial charge in [-0.15, -0.1) is 24.0 Å². The lowest BCUT2D eigenvalue weighted by Gasteiger charge is -2.23. The van der Waals surface area contributed by atoms with Gasteiger partial charge in [-0.05, 0) is 31.9 Å². The van der Waals surface area contributed by atoms with Crippen LogP contribution in [-0.2, 0) is 11.3 Å². The number of hydrogen-bond donors (Lipinski definition) is 1. The van der Waals surface area contributed by atoms with Crippen molar-refractivity contribution < 1.29 is 4.74 Å². The van der Waals surface area contributed by atoms with Crippen molar-refractivity contribution >= 4 is 47.2 Å². The highest BCUT2D eigenvalue weighted by atomic mass is 127. The molecule has 5 heterocycles. The molecule has 2 bridgehead atoms. The van der Waals surface area contributed by atoms with Gasteiger partial charge in [-0.3, -0.25) is 0 Å². The van der Waals surface area contributed by atoms with E-state index in [0.29, 0.717) is 35.6 Å². The number of likely N-dealkylation sites (tertiary alicyclic amines) is 1. The Hall–Kier alpha value is -1.06. The van der Waals surface area contributed by atoms with Crippen molar-refractivity contribution in [2.45, 2.75) is 38.5 Å². The molecule has 0 amide bonds. The molecule has 1 N–H and O–H groups in total. The normalized spacial score (nSPS) is 29.3. The quantitative estimate of drug-likeness (QED) is 0.399. The third kappa shape index (κ3) is 3.53. The summed E-state index contributed by atoms with van der Waals surface area (Å²) >= 11 is 6.05. The number of pyridine rings is 1. The number of aliphatic imine (C=N–C) groups is 1. The summed E-state index contributed by atoms with van der Waals surface area (Å²) in [6, 6.07) is 3.79. The molecule has 3 saturated heterocycles. The van der Waals surface area contributed by atoms with E-state index in [1.165, 1.54) is 12.8 Å². The van der Waals surface area contributed by atoms with Gasteiger partial charge in [0, 0.05) is 43.9 Å². The van der Waals surface area contributed by atoms with E-state index in [9.17, 15) is 0 Å². The third-order valence-electron chi connectivity index (χ3n) is 5.94. The highest BCUT2D eigenvalue weighted by Crippen LogP contribution is 2.47. The Morgan fingerprint density at radius 2 is 2.00 bits per heavy atom. The average Bonchev–Trinajstić information content (AvgIpc) is 3.38. The molecule has 0 radical (unpaired) electrons. The van der Waals surface area contributed by atoms with E-state index in [2.05, 4.69) is 22.1 Å². The number of aromatic nitrogens is 2. The zero-order valence-corrected chi connectivity index (χ0v) is 18.4. The van der Waals surface area contributed by atoms with E-state index >= 15 is 0 Å². The minimum absolute atomic E-state index is 0. The molecule has 5 rings (SSSR count). The van der Waals surface area contributed by atoms with Crippen molar-refractivity contribution in [3.05, 3.63) is 35.2 Å². The zero-order valence-electron chi connectivity index (χ0n) is 15.3. The first-order valence-electron chi connectivity index (χ1n) is 9.53. The maximum absolute atomic E-state index is 6.09. The standard InChI is InChI=1S/C19H24ClN5O.HI/c1-2-21-19(25-10-14-15(11-25)17-5-4-16(14)26-17)22-7-13-9-24-8-12(20)3-6-18(24)23-13;/h3,6,8-9,14-17H,2,4-5,7,10-11H2,1H3,(H,21,22);1H. The molecule has 2 aromatic rings. The number of nitrogens with zero attached hydrogens (tertiary/aromatic N) is 4. The van der Waals surface area contributed by atoms with Crippen LogP contribution in [0.2, 0.25) is 5.02 Å². The van der Waals surface area contributed by atoms with Crippen LogP contribution in [0.4, 0.5) is 0 Å². The molecule has 3 aliphatic rings. The number of imidazole rings is 1. The summed E-state index contributed by atoms with van der Waals surface area (Å²) in [4.78, 5) is 11.9. The predicted molar refractivity (Wildman–Crippen MR) is 117 cm³/mol. The highest BCUT2D eigenvalue weighted by molar-refractivity contribution is 14.0. The molecule has 0 spiro atoms. The molecular formula is C19H25ClIN5O. The van der Waals surface area contributed by atoms with Crippen LogP contribution < -0.4 is 5.32 Å². The smallest absolute Gasteiger partial charge is 0.194 e. The van der Waals surface area contributed by atoms with Gasteiger partial charge in [0.05, 0.1) is 29.5 Å². The first kappa shape index (κ1) is 19.3. The van der Waals surface area contributed by atoms with Gasteiger partial charge >= 0.3 is 0 Å². The van der Waals surface area contributed by atoms with Crippen molar-refractivity contribution in [3.63, 3.8) is 0 Å². The maximum Gasteiger partial charge on any atom is 0.194 e. The molecule has 0 saturated carbocycles. The molecular weight excluding hydrogens is 477 g/mol. The van der Waals surface area contributed by atoms with E-state index in [1.807, 2.05) is 28.9 Å². The Balaban J connectivity index is 0.00000180. The van der Waals surface area contributed by atoms with E-state index < -0.39 is 0 Å². The molecule has 6 nitrogen and oxygen atoms in total. The van der Waals surface area contributed by atoms with Gasteiger partial charge in [0.25, 0.3) is 0 Å². The monoisotopic (exact) mass is 501 g/mol. The topological polar surface area (TPSA) is 54.2 Å². The molecule has 4 unspecified atom stereocenters. The van der Waals surface area contributed by atoms with Gasteiger partial charge in [-0.1, -0.05) is 11.6 Å². The lowest BCUT2D eigenvalue weighted by molar-refractivity contribution is 0.0767. The second kappa shape index (κ2) is 7.75. The number of hydrogen-bond acceptors (Lipinski definition) is 3. The number of halogens is 2. The summed E-state index contributed by atoms with van der Waals surface area (Å²) in [7, 11) is 0. The van der Waals surface area contributed by atoms with Crippen molar-refractivity contribution in [3.8, 4) is 0 Å². The van der Waals surface area contributed by atoms with Crippen molar-refractivity contribution in [1.82, 2.24) is 19.6 Å². The fourth-order valence-corrected chi connectivity index (χ4v) is 4.98. The Morgan fingerprint density at radius 3 is 2.70 bits per heavy atom. The van der Waals surface area contributed by atoms with Crippen LogP contribution >= 0.6 is 35.6 Å². The summed E-state index contributed by atoms with van der Waals surface area (Å²) < 4.78 is 8.04. The Bertz CT molecular complexity index is 838. The van der Waals surface area contributed by atoms with Crippen molar-refractivity contribution in [2.24, 2.45) is 16.8 Å². The number of fused-ring (bicyclic) bond motifs is 6. The first-order chi connectivity index (χ1) is 12.7. The predicted octanol–water partition coefficient (Wildman–Crippen LogP) is 3.18. The lowest BCUT2D eigenvalue weighted by Crippen LogP contribution is -2.41. The highest BCUT2D eigenvalue weighted by Gasteiger charge is 2.53. The maximum atomic E-state index is 6.09. The van der Waals surface area contributed by atoms with Gasteiger partial charge in [0.1, 0.15) is 5.65 Å². The van der Waals surface area contributed by atoms with Crippen LogP contribution in [0.3, 0.4) is 0 Å². The minimum Gasteiger partial charge on any atom is -0.374 e. The van der Waals surface area contributed by atoms with Crippen LogP contribution in [0.15, 0.2) is 29.5 Å². The molecule has 4 atom stereocenters. The summed E-state index contributed by atoms with van der Waals surface area (Å²) in [6.07, 6.45) is 7.29. The van der Waals surface area contributed by atoms with Gasteiger partial charge < -0.3 is 19.4 Å². The van der Waals surface area contributed by atoms with Gasteiger partial charge in [0.2, 0.25) is 0 Å². The molecule has 3 aliphatic heterocycles. The zero-order chi connectivity index (χ0) is 17.7. The second-order valence-corrected chi connectivity index (χ2v) is 7.97. The average molecular weight is 502 g/mol. The van der Waals surface area contributed by atoms with E-state index in [1.54, 1.807) is 0 Å². The Morgan fingerprint density at radius 1 is 1.26 bits per heavy atom. The van der Waals surface area contributed by atoms with Gasteiger partial charge in [-0.2, -0.15) is 0 Å². The van der Waals surface area contributed by atoms with Crippen molar-refractivity contribution in [1.29, 1.82) is 0 Å². The molecule has 8 heteroatoms. The van der Waals surface area contributed by atoms with Crippen LogP contribution in [0.25, 0.3) is 5.65 Å². The van der Waals surface area contributed by atoms with Crippen LogP contribution in [0, 0.1) is 11.8 Å². The van der Waals surface area contributed by atoms with Gasteiger partial charge in [-0.25, -0.2) is 9.98 Å². The molecule has 3 fully saturated rings. The minimum atomic E-state index is 0. The number of rotatable bonds is 3. The number of guanidine groups is 1. The second-order valence-electron chi connectivity index (χ2n) is 7.54. The van der Waals surface area contributed by atoms with Crippen LogP contribution in [-0.4, -0.2) is 52.1 Å². The first-order valence-corrected chi connectivity index (χ1v) is 9.91. The van der Waals surface area contributed by atoms with Gasteiger partial charge in [0.15, 0.2) is 5.96 Å². The largest absolute Gasteiger partial charge is 0.374 e. The summed E-state index contributed by atoms with van der Waals surface area (Å²) in [5.74, 6) is 2.35. The SMILES string of the molecule is CCNC(=NCc1cn2cc(Cl)ccc2n1)N1CC2C3CCC(O3)C2C1.I. The van der Waals surface area contributed by atoms with E-state index in [-0.39, 0.29) is 24.0 Å². The number of ether oxygens (including phenoxy) is 1.